The van der Waals surface area contributed by atoms with Gasteiger partial charge in [0, 0.05) is 12.3 Å². The zero-order valence-corrected chi connectivity index (χ0v) is 11.6. The summed E-state index contributed by atoms with van der Waals surface area (Å²) in [4.78, 5) is 12.3. The van der Waals surface area contributed by atoms with E-state index in [9.17, 15) is 4.79 Å². The van der Waals surface area contributed by atoms with Gasteiger partial charge < -0.3 is 4.74 Å². The third-order valence-electron chi connectivity index (χ3n) is 3.97. The quantitative estimate of drug-likeness (QED) is 0.826. The van der Waals surface area contributed by atoms with Crippen LogP contribution in [0.25, 0.3) is 0 Å². The fourth-order valence-corrected chi connectivity index (χ4v) is 2.70. The fourth-order valence-electron chi connectivity index (χ4n) is 2.70. The van der Waals surface area contributed by atoms with Gasteiger partial charge in [0.15, 0.2) is 0 Å². The minimum atomic E-state index is 0.208. The highest BCUT2D eigenvalue weighted by molar-refractivity contribution is 5.87. The average Bonchev–Trinajstić information content (AvgIpc) is 3.29. The summed E-state index contributed by atoms with van der Waals surface area (Å²) >= 11 is 0. The molecule has 0 bridgehead atoms. The summed E-state index contributed by atoms with van der Waals surface area (Å²) in [6, 6.07) is 18.1. The number of Topliss-reactive ketones (excluding diaryl/α,β-unsaturated/α-hetero) is 1. The Hall–Kier alpha value is -2.09. The number of hydrogen-bond donors (Lipinski definition) is 0. The van der Waals surface area contributed by atoms with Crippen molar-refractivity contribution in [2.75, 3.05) is 7.11 Å². The second-order valence-corrected chi connectivity index (χ2v) is 5.35. The van der Waals surface area contributed by atoms with Gasteiger partial charge in [-0.05, 0) is 35.6 Å². The lowest BCUT2D eigenvalue weighted by Gasteiger charge is -2.03. The molecule has 0 aromatic heterocycles. The second-order valence-electron chi connectivity index (χ2n) is 5.35. The monoisotopic (exact) mass is 266 g/mol. The Morgan fingerprint density at radius 1 is 1.10 bits per heavy atom. The van der Waals surface area contributed by atoms with Gasteiger partial charge in [-0.1, -0.05) is 42.5 Å². The fraction of sp³-hybridized carbons (Fsp3) is 0.278. The first-order valence-corrected chi connectivity index (χ1v) is 6.98. The molecule has 2 aromatic carbocycles. The van der Waals surface area contributed by atoms with Crippen molar-refractivity contribution in [1.29, 1.82) is 0 Å². The molecule has 20 heavy (non-hydrogen) atoms. The standard InChI is InChI=1S/C18H18O2/c1-20-15-9-7-13(8-10-15)11-18(19)17-12-16(17)14-5-3-2-4-6-14/h2-10,16-17H,11-12H2,1H3. The molecule has 102 valence electrons. The number of benzene rings is 2. The van der Waals surface area contributed by atoms with E-state index in [1.807, 2.05) is 42.5 Å². The molecule has 0 radical (unpaired) electrons. The highest BCUT2D eigenvalue weighted by Gasteiger charge is 2.43. The Bertz CT molecular complexity index is 587. The van der Waals surface area contributed by atoms with Crippen LogP contribution in [0, 0.1) is 5.92 Å². The summed E-state index contributed by atoms with van der Waals surface area (Å²) in [6.07, 6.45) is 1.52. The van der Waals surface area contributed by atoms with Crippen molar-refractivity contribution in [2.24, 2.45) is 5.92 Å². The molecular formula is C18H18O2. The van der Waals surface area contributed by atoms with E-state index in [1.54, 1.807) is 7.11 Å². The molecule has 2 heteroatoms. The number of hydrogen-bond acceptors (Lipinski definition) is 2. The number of rotatable bonds is 5. The average molecular weight is 266 g/mol. The van der Waals surface area contributed by atoms with Gasteiger partial charge in [-0.15, -0.1) is 0 Å². The molecule has 1 aliphatic rings. The Kier molecular flexibility index (Phi) is 3.55. The molecule has 0 saturated heterocycles. The highest BCUT2D eigenvalue weighted by atomic mass is 16.5. The van der Waals surface area contributed by atoms with Gasteiger partial charge in [0.25, 0.3) is 0 Å². The van der Waals surface area contributed by atoms with Crippen LogP contribution in [0.1, 0.15) is 23.5 Å². The minimum Gasteiger partial charge on any atom is -0.497 e. The maximum Gasteiger partial charge on any atom is 0.140 e. The van der Waals surface area contributed by atoms with Gasteiger partial charge in [0.05, 0.1) is 7.11 Å². The van der Waals surface area contributed by atoms with Gasteiger partial charge in [-0.25, -0.2) is 0 Å². The smallest absolute Gasteiger partial charge is 0.140 e. The second kappa shape index (κ2) is 5.49. The molecule has 0 heterocycles. The van der Waals surface area contributed by atoms with Gasteiger partial charge in [0.1, 0.15) is 11.5 Å². The molecule has 0 amide bonds. The van der Waals surface area contributed by atoms with Crippen molar-refractivity contribution in [3.63, 3.8) is 0 Å². The predicted molar refractivity (Wildman–Crippen MR) is 79.0 cm³/mol. The van der Waals surface area contributed by atoms with E-state index in [4.69, 9.17) is 4.74 Å². The first kappa shape index (κ1) is 12.9. The van der Waals surface area contributed by atoms with E-state index in [1.165, 1.54) is 5.56 Å². The molecule has 2 atom stereocenters. The van der Waals surface area contributed by atoms with E-state index in [-0.39, 0.29) is 5.92 Å². The lowest BCUT2D eigenvalue weighted by Crippen LogP contribution is -2.06. The van der Waals surface area contributed by atoms with Crippen LogP contribution in [0.5, 0.6) is 5.75 Å². The maximum absolute atomic E-state index is 12.3. The van der Waals surface area contributed by atoms with Crippen LogP contribution in [0.4, 0.5) is 0 Å². The molecule has 3 rings (SSSR count). The first-order valence-electron chi connectivity index (χ1n) is 6.98. The van der Waals surface area contributed by atoms with Crippen LogP contribution >= 0.6 is 0 Å². The SMILES string of the molecule is COc1ccc(CC(=O)C2CC2c2ccccc2)cc1. The van der Waals surface area contributed by atoms with E-state index in [2.05, 4.69) is 12.1 Å². The van der Waals surface area contributed by atoms with Crippen LogP contribution < -0.4 is 4.74 Å². The Morgan fingerprint density at radius 3 is 2.45 bits per heavy atom. The largest absolute Gasteiger partial charge is 0.497 e. The molecule has 0 N–H and O–H groups in total. The third kappa shape index (κ3) is 2.74. The summed E-state index contributed by atoms with van der Waals surface area (Å²) in [5.74, 6) is 1.82. The topological polar surface area (TPSA) is 26.3 Å². The van der Waals surface area contributed by atoms with E-state index >= 15 is 0 Å². The summed E-state index contributed by atoms with van der Waals surface area (Å²) in [5, 5.41) is 0. The van der Waals surface area contributed by atoms with E-state index in [0.29, 0.717) is 18.1 Å². The van der Waals surface area contributed by atoms with Crippen LogP contribution in [-0.2, 0) is 11.2 Å². The van der Waals surface area contributed by atoms with Crippen molar-refractivity contribution in [1.82, 2.24) is 0 Å². The lowest BCUT2D eigenvalue weighted by molar-refractivity contribution is -0.119. The van der Waals surface area contributed by atoms with Crippen molar-refractivity contribution in [2.45, 2.75) is 18.8 Å². The Labute approximate surface area is 119 Å². The van der Waals surface area contributed by atoms with Crippen LogP contribution in [0.2, 0.25) is 0 Å². The van der Waals surface area contributed by atoms with Crippen molar-refractivity contribution in [3.8, 4) is 5.75 Å². The van der Waals surface area contributed by atoms with E-state index < -0.39 is 0 Å². The third-order valence-corrected chi connectivity index (χ3v) is 3.97. The predicted octanol–water partition coefficient (Wildman–Crippen LogP) is 3.61. The lowest BCUT2D eigenvalue weighted by atomic mass is 10.0. The Balaban J connectivity index is 1.61. The molecule has 0 spiro atoms. The van der Waals surface area contributed by atoms with Crippen LogP contribution in [-0.4, -0.2) is 12.9 Å². The highest BCUT2D eigenvalue weighted by Crippen LogP contribution is 2.48. The van der Waals surface area contributed by atoms with Crippen molar-refractivity contribution >= 4 is 5.78 Å². The molecule has 1 saturated carbocycles. The van der Waals surface area contributed by atoms with Crippen molar-refractivity contribution in [3.05, 3.63) is 65.7 Å². The zero-order chi connectivity index (χ0) is 13.9. The van der Waals surface area contributed by atoms with Gasteiger partial charge in [-0.2, -0.15) is 0 Å². The Morgan fingerprint density at radius 2 is 1.80 bits per heavy atom. The molecule has 1 aliphatic carbocycles. The number of carbonyl (C=O) groups is 1. The van der Waals surface area contributed by atoms with Crippen LogP contribution in [0.3, 0.4) is 0 Å². The van der Waals surface area contributed by atoms with Gasteiger partial charge >= 0.3 is 0 Å². The normalized spacial score (nSPS) is 20.4. The molecular weight excluding hydrogens is 248 g/mol. The summed E-state index contributed by atoms with van der Waals surface area (Å²) in [6.45, 7) is 0. The van der Waals surface area contributed by atoms with Crippen molar-refractivity contribution < 1.29 is 9.53 Å². The first-order chi connectivity index (χ1) is 9.78. The summed E-state index contributed by atoms with van der Waals surface area (Å²) in [5.41, 5.74) is 2.36. The molecule has 2 nitrogen and oxygen atoms in total. The number of ether oxygens (including phenoxy) is 1. The minimum absolute atomic E-state index is 0.208. The molecule has 2 aromatic rings. The zero-order valence-electron chi connectivity index (χ0n) is 11.6. The summed E-state index contributed by atoms with van der Waals surface area (Å²) < 4.78 is 5.12. The number of ketones is 1. The van der Waals surface area contributed by atoms with Gasteiger partial charge in [0.2, 0.25) is 0 Å². The van der Waals surface area contributed by atoms with Gasteiger partial charge in [-0.3, -0.25) is 4.79 Å². The molecule has 0 aliphatic heterocycles. The summed E-state index contributed by atoms with van der Waals surface area (Å²) in [7, 11) is 1.65. The van der Waals surface area contributed by atoms with E-state index in [0.717, 1.165) is 17.7 Å². The molecule has 1 fully saturated rings. The maximum atomic E-state index is 12.3. The molecule has 2 unspecified atom stereocenters. The number of methoxy groups -OCH3 is 1. The van der Waals surface area contributed by atoms with Crippen LogP contribution in [0.15, 0.2) is 54.6 Å². The number of carbonyl (C=O) groups excluding carboxylic acids is 1.